The van der Waals surface area contributed by atoms with Gasteiger partial charge < -0.3 is 18.9 Å². The minimum Gasteiger partial charge on any atom is -0.450 e. The number of carbonyl (C=O) groups excluding carboxylic acids is 1. The number of carbonyl (C=O) groups is 1. The maximum Gasteiger partial charge on any atom is 0.453 e. The van der Waals surface area contributed by atoms with Crippen LogP contribution in [0.1, 0.15) is 154 Å². The highest BCUT2D eigenvalue weighted by Gasteiger charge is 2.42. The van der Waals surface area contributed by atoms with Gasteiger partial charge in [-0.25, -0.2) is 4.79 Å². The molecule has 0 fully saturated rings. The van der Waals surface area contributed by atoms with E-state index in [0.29, 0.717) is 0 Å². The van der Waals surface area contributed by atoms with Crippen LogP contribution in [0.4, 0.5) is 0 Å². The van der Waals surface area contributed by atoms with Crippen LogP contribution in [-0.2, 0) is 23.7 Å². The summed E-state index contributed by atoms with van der Waals surface area (Å²) < 4.78 is 26.0. The van der Waals surface area contributed by atoms with Crippen molar-refractivity contribution in [3.8, 4) is 0 Å². The number of allylic oxidation sites excluding steroid dienone is 6. The Kier molecular flexibility index (Phi) is 16.0. The predicted molar refractivity (Wildman–Crippen MR) is 162 cm³/mol. The normalized spacial score (nSPS) is 25.2. The van der Waals surface area contributed by atoms with Gasteiger partial charge in [-0.3, -0.25) is 0 Å². The van der Waals surface area contributed by atoms with Crippen LogP contribution in [0.3, 0.4) is 0 Å². The summed E-state index contributed by atoms with van der Waals surface area (Å²) in [6, 6.07) is 0. The molecule has 226 valence electrons. The van der Waals surface area contributed by atoms with E-state index in [1.165, 1.54) is 83.1 Å². The van der Waals surface area contributed by atoms with Crippen molar-refractivity contribution >= 4 is 5.97 Å². The lowest BCUT2D eigenvalue weighted by Crippen LogP contribution is -2.44. The smallest absolute Gasteiger partial charge is 0.450 e. The fourth-order valence-electron chi connectivity index (χ4n) is 5.79. The van der Waals surface area contributed by atoms with Gasteiger partial charge in [0.15, 0.2) is 0 Å². The summed E-state index contributed by atoms with van der Waals surface area (Å²) in [5.41, 5.74) is 0. The Labute approximate surface area is 244 Å². The Morgan fingerprint density at radius 3 is 1.25 bits per heavy atom. The molecule has 0 aromatic heterocycles. The van der Waals surface area contributed by atoms with Crippen LogP contribution in [0.5, 0.6) is 0 Å². The molecular weight excluding hydrogens is 500 g/mol. The topological polar surface area (TPSA) is 54.0 Å². The molecule has 0 spiro atoms. The summed E-state index contributed by atoms with van der Waals surface area (Å²) in [6.07, 6.45) is 35.0. The quantitative estimate of drug-likeness (QED) is 0.161. The fourth-order valence-corrected chi connectivity index (χ4v) is 5.79. The van der Waals surface area contributed by atoms with Gasteiger partial charge in [-0.05, 0) is 76.0 Å². The summed E-state index contributed by atoms with van der Waals surface area (Å²) in [7, 11) is 0. The number of hydrogen-bond acceptors (Lipinski definition) is 5. The van der Waals surface area contributed by atoms with Crippen molar-refractivity contribution in [2.24, 2.45) is 0 Å². The molecule has 0 unspecified atom stereocenters. The van der Waals surface area contributed by atoms with Gasteiger partial charge in [0.1, 0.15) is 17.3 Å². The number of ether oxygens (including phenoxy) is 4. The zero-order valence-electron chi connectivity index (χ0n) is 25.2. The highest BCUT2D eigenvalue weighted by atomic mass is 16.9. The van der Waals surface area contributed by atoms with Gasteiger partial charge in [-0.15, -0.1) is 0 Å². The van der Waals surface area contributed by atoms with Crippen LogP contribution in [-0.4, -0.2) is 18.5 Å². The van der Waals surface area contributed by atoms with Crippen LogP contribution in [0.15, 0.2) is 48.2 Å². The summed E-state index contributed by atoms with van der Waals surface area (Å²) in [5, 5.41) is 0. The molecule has 0 bridgehead atoms. The lowest BCUT2D eigenvalue weighted by molar-refractivity contribution is -0.352. The van der Waals surface area contributed by atoms with Crippen molar-refractivity contribution in [2.45, 2.75) is 160 Å². The van der Waals surface area contributed by atoms with Gasteiger partial charge in [-0.1, -0.05) is 83.6 Å². The highest BCUT2D eigenvalue weighted by molar-refractivity contribution is 5.81. The lowest BCUT2D eigenvalue weighted by Gasteiger charge is -2.36. The standard InChI is InChI=1S/C35H56O5/c1-2-34(36)37-30-35(38-31-24-18-12-6-3-7-13-19-25-31,39-32-26-20-14-8-4-9-15-21-27-32)40-33-28-22-16-10-5-11-17-23-29-33/h2,24,26,28H,1,3-23,25,27,29-30H2/b31-24+,32-26+,33-28+. The van der Waals surface area contributed by atoms with Crippen LogP contribution in [0, 0.1) is 0 Å². The molecule has 3 aliphatic rings. The molecule has 0 aromatic rings. The third-order valence-electron chi connectivity index (χ3n) is 8.17. The Bertz CT molecular complexity index is 735. The zero-order valence-corrected chi connectivity index (χ0v) is 25.2. The van der Waals surface area contributed by atoms with Crippen molar-refractivity contribution in [3.63, 3.8) is 0 Å². The first-order chi connectivity index (χ1) is 19.7. The fraction of sp³-hybridized carbons (Fsp3) is 0.743. The van der Waals surface area contributed by atoms with E-state index in [9.17, 15) is 4.79 Å². The first-order valence-electron chi connectivity index (χ1n) is 16.6. The second-order valence-electron chi connectivity index (χ2n) is 11.8. The first kappa shape index (κ1) is 32.3. The van der Waals surface area contributed by atoms with Crippen LogP contribution in [0.25, 0.3) is 0 Å². The molecule has 0 atom stereocenters. The molecule has 0 saturated heterocycles. The van der Waals surface area contributed by atoms with E-state index in [-0.39, 0.29) is 6.61 Å². The van der Waals surface area contributed by atoms with E-state index in [1.54, 1.807) is 0 Å². The van der Waals surface area contributed by atoms with E-state index >= 15 is 0 Å². The monoisotopic (exact) mass is 556 g/mol. The molecule has 0 amide bonds. The van der Waals surface area contributed by atoms with Gasteiger partial charge in [0.25, 0.3) is 0 Å². The summed E-state index contributed by atoms with van der Waals surface area (Å²) in [5.74, 6) is 0.605. The zero-order chi connectivity index (χ0) is 28.1. The number of rotatable bonds is 9. The first-order valence-corrected chi connectivity index (χ1v) is 16.6. The largest absolute Gasteiger partial charge is 0.453 e. The molecule has 5 heteroatoms. The Morgan fingerprint density at radius 1 is 0.575 bits per heavy atom. The van der Waals surface area contributed by atoms with Gasteiger partial charge in [0.05, 0.1) is 0 Å². The lowest BCUT2D eigenvalue weighted by atomic mass is 10.0. The minimum absolute atomic E-state index is 0.149. The van der Waals surface area contributed by atoms with E-state index in [2.05, 4.69) is 24.8 Å². The summed E-state index contributed by atoms with van der Waals surface area (Å²) in [4.78, 5) is 12.3. The van der Waals surface area contributed by atoms with E-state index in [1.807, 2.05) is 0 Å². The Balaban J connectivity index is 1.94. The van der Waals surface area contributed by atoms with E-state index in [0.717, 1.165) is 94.3 Å². The van der Waals surface area contributed by atoms with Crippen molar-refractivity contribution in [3.05, 3.63) is 48.2 Å². The summed E-state index contributed by atoms with van der Waals surface area (Å²) >= 11 is 0. The van der Waals surface area contributed by atoms with Gasteiger partial charge in [0.2, 0.25) is 6.61 Å². The van der Waals surface area contributed by atoms with Gasteiger partial charge in [-0.2, -0.15) is 0 Å². The Hall–Kier alpha value is -2.17. The third kappa shape index (κ3) is 13.5. The van der Waals surface area contributed by atoms with Crippen LogP contribution >= 0.6 is 0 Å². The van der Waals surface area contributed by atoms with E-state index in [4.69, 9.17) is 18.9 Å². The molecule has 0 aromatic carbocycles. The molecule has 0 heterocycles. The van der Waals surface area contributed by atoms with Crippen LogP contribution in [0.2, 0.25) is 0 Å². The van der Waals surface area contributed by atoms with Gasteiger partial charge >= 0.3 is 11.9 Å². The van der Waals surface area contributed by atoms with Gasteiger partial charge in [0, 0.05) is 25.3 Å². The highest BCUT2D eigenvalue weighted by Crippen LogP contribution is 2.33. The SMILES string of the molecule is C=CC(=O)OCC(O/C1=C/CCCCCCCC1)(O/C1=C/CCCCCCCC1)O/C1=C/CCCCCCCC1. The predicted octanol–water partition coefficient (Wildman–Crippen LogP) is 10.5. The number of esters is 1. The summed E-state index contributed by atoms with van der Waals surface area (Å²) in [6.45, 7) is 3.45. The molecule has 0 N–H and O–H groups in total. The molecule has 0 radical (unpaired) electrons. The van der Waals surface area contributed by atoms with Crippen molar-refractivity contribution in [1.29, 1.82) is 0 Å². The van der Waals surface area contributed by atoms with E-state index < -0.39 is 11.9 Å². The molecule has 0 aliphatic heterocycles. The average molecular weight is 557 g/mol. The number of hydrogen-bond donors (Lipinski definition) is 0. The molecule has 3 aliphatic carbocycles. The third-order valence-corrected chi connectivity index (χ3v) is 8.17. The molecule has 0 saturated carbocycles. The molecule has 40 heavy (non-hydrogen) atoms. The maximum atomic E-state index is 12.3. The maximum absolute atomic E-state index is 12.3. The minimum atomic E-state index is -1.56. The Morgan fingerprint density at radius 2 is 0.900 bits per heavy atom. The van der Waals surface area contributed by atoms with Crippen LogP contribution < -0.4 is 0 Å². The molecular formula is C35H56O5. The average Bonchev–Trinajstić information content (AvgIpc) is 2.97. The van der Waals surface area contributed by atoms with Crippen molar-refractivity contribution < 1.29 is 23.7 Å². The molecule has 5 nitrogen and oxygen atoms in total. The second kappa shape index (κ2) is 19.8. The second-order valence-corrected chi connectivity index (χ2v) is 11.8. The van der Waals surface area contributed by atoms with Crippen molar-refractivity contribution in [1.82, 2.24) is 0 Å². The molecule has 3 rings (SSSR count). The van der Waals surface area contributed by atoms with Crippen molar-refractivity contribution in [2.75, 3.05) is 6.61 Å².